The highest BCUT2D eigenvalue weighted by Gasteiger charge is 2.40. The lowest BCUT2D eigenvalue weighted by Crippen LogP contribution is -2.42. The molecule has 0 radical (unpaired) electrons. The second-order valence-electron chi connectivity index (χ2n) is 12.5. The lowest BCUT2D eigenvalue weighted by molar-refractivity contribution is 0.0445. The van der Waals surface area contributed by atoms with Crippen LogP contribution in [0.2, 0.25) is 0 Å². The van der Waals surface area contributed by atoms with E-state index in [0.717, 1.165) is 36.1 Å². The molecule has 41 heavy (non-hydrogen) atoms. The van der Waals surface area contributed by atoms with Crippen LogP contribution < -0.4 is 15.5 Å². The van der Waals surface area contributed by atoms with Crippen molar-refractivity contribution in [1.29, 1.82) is 0 Å². The van der Waals surface area contributed by atoms with Gasteiger partial charge in [0.05, 0.1) is 36.2 Å². The minimum absolute atomic E-state index is 0.0678. The predicted molar refractivity (Wildman–Crippen MR) is 156 cm³/mol. The van der Waals surface area contributed by atoms with Gasteiger partial charge in [0.1, 0.15) is 17.0 Å². The van der Waals surface area contributed by atoms with Crippen molar-refractivity contribution in [2.24, 2.45) is 5.41 Å². The Morgan fingerprint density at radius 2 is 1.93 bits per heavy atom. The quantitative estimate of drug-likeness (QED) is 0.316. The van der Waals surface area contributed by atoms with Gasteiger partial charge >= 0.3 is 12.1 Å². The van der Waals surface area contributed by atoms with Crippen molar-refractivity contribution >= 4 is 34.3 Å². The Kier molecular flexibility index (Phi) is 7.42. The Balaban J connectivity index is 1.67. The molecule has 1 saturated carbocycles. The third-order valence-corrected chi connectivity index (χ3v) is 8.95. The number of carbonyl (C=O) groups excluding carboxylic acids is 2. The number of ether oxygens (including phenoxy) is 3. The Bertz CT molecular complexity index is 1590. The number of aryl methyl sites for hydroxylation is 1. The fourth-order valence-electron chi connectivity index (χ4n) is 5.52. The summed E-state index contributed by atoms with van der Waals surface area (Å²) in [6.45, 7) is 11.5. The number of esters is 1. The van der Waals surface area contributed by atoms with Crippen molar-refractivity contribution in [2.45, 2.75) is 84.9 Å². The summed E-state index contributed by atoms with van der Waals surface area (Å²) >= 11 is 1.41. The molecular weight excluding hydrogens is 547 g/mol. The standard InChI is InChI=1S/C31H37FN2O6S/c1-8-39-28(36)19-15-34(17-9-10-17)23-18(24(19)35)14-20(32)22(25(23)38-7)21-13-16-11-12-31(5,6)27(26(16)41-21)33-29(37)40-30(2,3)4/h13-15,17,27H,8-12H2,1-7H3,(H,33,37). The molecule has 1 amide bonds. The van der Waals surface area contributed by atoms with Gasteiger partial charge in [0.15, 0.2) is 5.75 Å². The van der Waals surface area contributed by atoms with Crippen LogP contribution in [0, 0.1) is 11.2 Å². The molecule has 10 heteroatoms. The third-order valence-electron chi connectivity index (χ3n) is 7.69. The van der Waals surface area contributed by atoms with Gasteiger partial charge in [-0.25, -0.2) is 14.0 Å². The molecule has 0 aliphatic heterocycles. The molecule has 1 aromatic carbocycles. The number of hydrogen-bond acceptors (Lipinski definition) is 7. The fraction of sp³-hybridized carbons (Fsp3) is 0.516. The molecule has 0 saturated heterocycles. The Morgan fingerprint density at radius 1 is 1.22 bits per heavy atom. The van der Waals surface area contributed by atoms with E-state index in [1.54, 1.807) is 6.92 Å². The first-order chi connectivity index (χ1) is 19.3. The zero-order valence-electron chi connectivity index (χ0n) is 24.6. The van der Waals surface area contributed by atoms with Crippen LogP contribution >= 0.6 is 11.3 Å². The van der Waals surface area contributed by atoms with Crippen LogP contribution in [0.1, 0.15) is 93.7 Å². The van der Waals surface area contributed by atoms with E-state index in [1.807, 2.05) is 31.4 Å². The Morgan fingerprint density at radius 3 is 2.54 bits per heavy atom. The molecule has 1 atom stereocenters. The average molecular weight is 585 g/mol. The molecule has 5 rings (SSSR count). The van der Waals surface area contributed by atoms with Crippen LogP contribution in [0.3, 0.4) is 0 Å². The van der Waals surface area contributed by atoms with Gasteiger partial charge < -0.3 is 24.1 Å². The molecule has 1 unspecified atom stereocenters. The number of halogens is 1. The van der Waals surface area contributed by atoms with Gasteiger partial charge in [-0.05, 0) is 76.5 Å². The van der Waals surface area contributed by atoms with Crippen molar-refractivity contribution < 1.29 is 28.2 Å². The minimum Gasteiger partial charge on any atom is -0.494 e. The maximum atomic E-state index is 16.0. The monoisotopic (exact) mass is 584 g/mol. The van der Waals surface area contributed by atoms with Gasteiger partial charge in [0.2, 0.25) is 5.43 Å². The van der Waals surface area contributed by atoms with E-state index in [-0.39, 0.29) is 46.4 Å². The van der Waals surface area contributed by atoms with Gasteiger partial charge in [0.25, 0.3) is 0 Å². The van der Waals surface area contributed by atoms with E-state index < -0.39 is 28.9 Å². The van der Waals surface area contributed by atoms with Crippen LogP contribution in [-0.2, 0) is 15.9 Å². The lowest BCUT2D eigenvalue weighted by Gasteiger charge is -2.39. The Hall–Kier alpha value is -3.40. The van der Waals surface area contributed by atoms with E-state index in [2.05, 4.69) is 19.2 Å². The molecule has 1 fully saturated rings. The van der Waals surface area contributed by atoms with Crippen LogP contribution in [-0.4, -0.2) is 35.9 Å². The van der Waals surface area contributed by atoms with Crippen LogP contribution in [0.25, 0.3) is 21.3 Å². The highest BCUT2D eigenvalue weighted by atomic mass is 32.1. The summed E-state index contributed by atoms with van der Waals surface area (Å²) in [6.07, 6.45) is 4.36. The molecule has 0 bridgehead atoms. The van der Waals surface area contributed by atoms with E-state index in [0.29, 0.717) is 10.4 Å². The number of alkyl carbamates (subject to hydrolysis) is 1. The number of nitrogens with zero attached hydrogens (tertiary/aromatic N) is 1. The van der Waals surface area contributed by atoms with Crippen molar-refractivity contribution in [3.8, 4) is 16.2 Å². The first-order valence-electron chi connectivity index (χ1n) is 14.0. The molecule has 0 spiro atoms. The maximum absolute atomic E-state index is 16.0. The number of fused-ring (bicyclic) bond motifs is 2. The summed E-state index contributed by atoms with van der Waals surface area (Å²) < 4.78 is 34.4. The number of rotatable bonds is 6. The van der Waals surface area contributed by atoms with Gasteiger partial charge in [-0.1, -0.05) is 13.8 Å². The molecule has 220 valence electrons. The van der Waals surface area contributed by atoms with E-state index >= 15 is 4.39 Å². The molecule has 1 N–H and O–H groups in total. The maximum Gasteiger partial charge on any atom is 0.408 e. The van der Waals surface area contributed by atoms with Crippen LogP contribution in [0.5, 0.6) is 5.75 Å². The number of thiophene rings is 1. The van der Waals surface area contributed by atoms with Crippen molar-refractivity contribution in [3.63, 3.8) is 0 Å². The van der Waals surface area contributed by atoms with Crippen LogP contribution in [0.15, 0.2) is 23.1 Å². The predicted octanol–water partition coefficient (Wildman–Crippen LogP) is 6.93. The number of methoxy groups -OCH3 is 1. The first-order valence-corrected chi connectivity index (χ1v) is 14.8. The molecule has 3 aromatic rings. The summed E-state index contributed by atoms with van der Waals surface area (Å²) in [5.74, 6) is -1.10. The zero-order chi connectivity index (χ0) is 29.9. The van der Waals surface area contributed by atoms with Crippen molar-refractivity contribution in [3.05, 3.63) is 50.4 Å². The number of hydrogen-bond donors (Lipinski definition) is 1. The highest BCUT2D eigenvalue weighted by molar-refractivity contribution is 7.15. The molecule has 2 heterocycles. The summed E-state index contributed by atoms with van der Waals surface area (Å²) in [4.78, 5) is 40.4. The highest BCUT2D eigenvalue weighted by Crippen LogP contribution is 2.51. The summed E-state index contributed by atoms with van der Waals surface area (Å²) in [5.41, 5.74) is 0.139. The molecule has 8 nitrogen and oxygen atoms in total. The van der Waals surface area contributed by atoms with E-state index in [1.165, 1.54) is 30.7 Å². The average Bonchev–Trinajstić information content (AvgIpc) is 3.63. The molecule has 2 aliphatic rings. The third kappa shape index (κ3) is 5.46. The topological polar surface area (TPSA) is 95.9 Å². The van der Waals surface area contributed by atoms with Crippen LogP contribution in [0.4, 0.5) is 9.18 Å². The SMILES string of the molecule is CCOC(=O)c1cn(C2CC2)c2c(OC)c(-c3cc4c(s3)C(NC(=O)OC(C)(C)C)C(C)(C)CC4)c(F)cc2c1=O. The summed E-state index contributed by atoms with van der Waals surface area (Å²) in [7, 11) is 1.46. The van der Waals surface area contributed by atoms with Gasteiger partial charge in [-0.15, -0.1) is 11.3 Å². The summed E-state index contributed by atoms with van der Waals surface area (Å²) in [6, 6.07) is 2.90. The second-order valence-corrected chi connectivity index (χ2v) is 13.5. The van der Waals surface area contributed by atoms with Gasteiger partial charge in [-0.3, -0.25) is 4.79 Å². The normalized spacial score (nSPS) is 18.1. The number of benzene rings is 1. The smallest absolute Gasteiger partial charge is 0.408 e. The second kappa shape index (κ2) is 10.5. The van der Waals surface area contributed by atoms with E-state index in [9.17, 15) is 14.4 Å². The van der Waals surface area contributed by atoms with Crippen molar-refractivity contribution in [2.75, 3.05) is 13.7 Å². The summed E-state index contributed by atoms with van der Waals surface area (Å²) in [5, 5.41) is 3.14. The molecular formula is C31H37FN2O6S. The van der Waals surface area contributed by atoms with Crippen molar-refractivity contribution in [1.82, 2.24) is 9.88 Å². The number of nitrogens with one attached hydrogen (secondary N) is 1. The first kappa shape index (κ1) is 29.1. The Labute approximate surface area is 242 Å². The lowest BCUT2D eigenvalue weighted by atomic mass is 9.73. The number of aromatic nitrogens is 1. The molecule has 2 aliphatic carbocycles. The van der Waals surface area contributed by atoms with E-state index in [4.69, 9.17) is 14.2 Å². The van der Waals surface area contributed by atoms with Gasteiger partial charge in [0, 0.05) is 22.0 Å². The number of pyridine rings is 1. The zero-order valence-corrected chi connectivity index (χ0v) is 25.4. The minimum atomic E-state index is -0.727. The van der Waals surface area contributed by atoms with Gasteiger partial charge in [-0.2, -0.15) is 0 Å². The largest absolute Gasteiger partial charge is 0.494 e. The number of amides is 1. The molecule has 2 aromatic heterocycles. The fourth-order valence-corrected chi connectivity index (χ4v) is 7.04. The number of carbonyl (C=O) groups is 2.